The van der Waals surface area contributed by atoms with Crippen LogP contribution in [0.3, 0.4) is 0 Å². The number of aliphatic carboxylic acids is 1. The van der Waals surface area contributed by atoms with E-state index in [4.69, 9.17) is 5.11 Å². The van der Waals surface area contributed by atoms with E-state index in [-0.39, 0.29) is 0 Å². The third kappa shape index (κ3) is 1.03. The third-order valence-electron chi connectivity index (χ3n) is 1.97. The van der Waals surface area contributed by atoms with Crippen LogP contribution in [0.2, 0.25) is 0 Å². The predicted molar refractivity (Wildman–Crippen MR) is 42.7 cm³/mol. The van der Waals surface area contributed by atoms with Gasteiger partial charge in [0.15, 0.2) is 0 Å². The van der Waals surface area contributed by atoms with Crippen molar-refractivity contribution >= 4 is 12.2 Å². The van der Waals surface area contributed by atoms with Crippen LogP contribution in [0, 0.1) is 0 Å². The topological polar surface area (TPSA) is 64.9 Å². The lowest BCUT2D eigenvalue weighted by Crippen LogP contribution is -2.32. The molecular formula is C7H9N3O2. The van der Waals surface area contributed by atoms with Crippen molar-refractivity contribution in [1.82, 2.24) is 10.2 Å². The summed E-state index contributed by atoms with van der Waals surface area (Å²) in [5.74, 6) is -0.00444. The molecule has 12 heavy (non-hydrogen) atoms. The number of hydrogen-bond acceptors (Lipinski definition) is 4. The average Bonchev–Trinajstić information content (AvgIpc) is 2.46. The summed E-state index contributed by atoms with van der Waals surface area (Å²) in [6, 6.07) is -0.488. The first kappa shape index (κ1) is 7.15. The van der Waals surface area contributed by atoms with Gasteiger partial charge in [0.05, 0.1) is 19.3 Å². The van der Waals surface area contributed by atoms with Gasteiger partial charge in [0.1, 0.15) is 11.9 Å². The number of carboxylic acid groups (broad SMARTS) is 1. The van der Waals surface area contributed by atoms with Crippen LogP contribution in [0.5, 0.6) is 0 Å². The summed E-state index contributed by atoms with van der Waals surface area (Å²) in [6.07, 6.45) is 3.40. The van der Waals surface area contributed by atoms with Gasteiger partial charge in [0.25, 0.3) is 0 Å². The maximum absolute atomic E-state index is 10.6. The molecule has 2 heterocycles. The Labute approximate surface area is 69.4 Å². The van der Waals surface area contributed by atoms with Gasteiger partial charge in [0.2, 0.25) is 0 Å². The van der Waals surface area contributed by atoms with Crippen LogP contribution in [0.15, 0.2) is 17.0 Å². The number of carbonyl (C=O) groups is 1. The van der Waals surface area contributed by atoms with E-state index in [0.717, 1.165) is 5.82 Å². The zero-order valence-corrected chi connectivity index (χ0v) is 6.40. The number of rotatable bonds is 1. The molecule has 2 rings (SSSR count). The van der Waals surface area contributed by atoms with Gasteiger partial charge in [-0.05, 0) is 0 Å². The fourth-order valence-electron chi connectivity index (χ4n) is 1.33. The van der Waals surface area contributed by atoms with Crippen LogP contribution < -0.4 is 5.32 Å². The molecule has 1 atom stereocenters. The molecule has 1 fully saturated rings. The summed E-state index contributed by atoms with van der Waals surface area (Å²) in [5.41, 5.74) is 0. The van der Waals surface area contributed by atoms with E-state index >= 15 is 0 Å². The second kappa shape index (κ2) is 2.51. The Morgan fingerprint density at radius 2 is 2.67 bits per heavy atom. The fourth-order valence-corrected chi connectivity index (χ4v) is 1.33. The monoisotopic (exact) mass is 167 g/mol. The number of nitrogens with zero attached hydrogens (tertiary/aromatic N) is 2. The number of carboxylic acids is 1. The molecule has 2 N–H and O–H groups in total. The van der Waals surface area contributed by atoms with Crippen LogP contribution in [0.4, 0.5) is 0 Å². The Kier molecular flexibility index (Phi) is 1.49. The second-order valence-electron chi connectivity index (χ2n) is 2.79. The van der Waals surface area contributed by atoms with E-state index in [1.165, 1.54) is 0 Å². The summed E-state index contributed by atoms with van der Waals surface area (Å²) in [5, 5.41) is 11.6. The van der Waals surface area contributed by atoms with Crippen molar-refractivity contribution in [3.8, 4) is 0 Å². The standard InChI is InChI=1S/C7H9N3O2/c11-7(12)5-4-10-2-1-8-3-6(10)9-5/h1,3,5,9H,2,4H2,(H,11,12). The van der Waals surface area contributed by atoms with Crippen LogP contribution in [-0.4, -0.2) is 41.3 Å². The Hall–Kier alpha value is -1.52. The van der Waals surface area contributed by atoms with Crippen molar-refractivity contribution < 1.29 is 9.90 Å². The molecule has 0 radical (unpaired) electrons. The molecule has 0 spiro atoms. The van der Waals surface area contributed by atoms with Crippen molar-refractivity contribution in [2.75, 3.05) is 13.1 Å². The van der Waals surface area contributed by atoms with E-state index in [9.17, 15) is 4.79 Å². The highest BCUT2D eigenvalue weighted by Gasteiger charge is 2.30. The Bertz CT molecular complexity index is 272. The summed E-state index contributed by atoms with van der Waals surface area (Å²) < 4.78 is 0. The summed E-state index contributed by atoms with van der Waals surface area (Å²) >= 11 is 0. The van der Waals surface area contributed by atoms with E-state index in [1.807, 2.05) is 4.90 Å². The maximum Gasteiger partial charge on any atom is 0.328 e. The highest BCUT2D eigenvalue weighted by Crippen LogP contribution is 2.13. The van der Waals surface area contributed by atoms with Gasteiger partial charge in [-0.1, -0.05) is 0 Å². The Balaban J connectivity index is 2.12. The van der Waals surface area contributed by atoms with Crippen molar-refractivity contribution in [2.24, 2.45) is 4.99 Å². The first-order valence-corrected chi connectivity index (χ1v) is 3.73. The smallest absolute Gasteiger partial charge is 0.328 e. The molecule has 1 saturated heterocycles. The second-order valence-corrected chi connectivity index (χ2v) is 2.79. The lowest BCUT2D eigenvalue weighted by Gasteiger charge is -2.17. The average molecular weight is 167 g/mol. The molecule has 0 aliphatic carbocycles. The largest absolute Gasteiger partial charge is 0.480 e. The number of nitrogens with one attached hydrogen (secondary N) is 1. The van der Waals surface area contributed by atoms with Gasteiger partial charge >= 0.3 is 5.97 Å². The summed E-state index contributed by atoms with van der Waals surface area (Å²) in [6.45, 7) is 1.22. The molecule has 0 saturated carbocycles. The number of fused-ring (bicyclic) bond motifs is 1. The molecule has 1 unspecified atom stereocenters. The molecule has 0 aromatic carbocycles. The first-order chi connectivity index (χ1) is 5.77. The number of hydrogen-bond donors (Lipinski definition) is 2. The predicted octanol–water partition coefficient (Wildman–Crippen LogP) is -0.772. The van der Waals surface area contributed by atoms with Gasteiger partial charge in [-0.3, -0.25) is 4.99 Å². The summed E-state index contributed by atoms with van der Waals surface area (Å²) in [7, 11) is 0. The quantitative estimate of drug-likeness (QED) is 0.538. The highest BCUT2D eigenvalue weighted by atomic mass is 16.4. The van der Waals surface area contributed by atoms with Crippen molar-refractivity contribution in [1.29, 1.82) is 0 Å². The molecule has 5 heteroatoms. The fraction of sp³-hybridized carbons (Fsp3) is 0.429. The van der Waals surface area contributed by atoms with Crippen LogP contribution in [-0.2, 0) is 4.79 Å². The zero-order chi connectivity index (χ0) is 8.55. The van der Waals surface area contributed by atoms with Crippen LogP contribution >= 0.6 is 0 Å². The minimum atomic E-state index is -0.815. The molecule has 5 nitrogen and oxygen atoms in total. The maximum atomic E-state index is 10.6. The van der Waals surface area contributed by atoms with Gasteiger partial charge in [-0.25, -0.2) is 4.79 Å². The lowest BCUT2D eigenvalue weighted by molar-refractivity contribution is -0.138. The third-order valence-corrected chi connectivity index (χ3v) is 1.97. The molecule has 2 aliphatic rings. The minimum Gasteiger partial charge on any atom is -0.480 e. The van der Waals surface area contributed by atoms with Crippen LogP contribution in [0.1, 0.15) is 0 Å². The molecule has 2 aliphatic heterocycles. The highest BCUT2D eigenvalue weighted by molar-refractivity contribution is 5.75. The zero-order valence-electron chi connectivity index (χ0n) is 6.40. The molecular weight excluding hydrogens is 158 g/mol. The number of aliphatic imine (C=N–C) groups is 1. The van der Waals surface area contributed by atoms with E-state index in [2.05, 4.69) is 10.3 Å². The Morgan fingerprint density at radius 3 is 3.33 bits per heavy atom. The van der Waals surface area contributed by atoms with Gasteiger partial charge < -0.3 is 15.3 Å². The minimum absolute atomic E-state index is 0.488. The SMILES string of the molecule is O=C(O)C1CN2CC=NC=C2N1. The molecule has 0 bridgehead atoms. The van der Waals surface area contributed by atoms with Crippen LogP contribution in [0.25, 0.3) is 0 Å². The van der Waals surface area contributed by atoms with E-state index in [0.29, 0.717) is 13.1 Å². The molecule has 64 valence electrons. The normalized spacial score (nSPS) is 26.2. The first-order valence-electron chi connectivity index (χ1n) is 3.73. The van der Waals surface area contributed by atoms with E-state index < -0.39 is 12.0 Å². The Morgan fingerprint density at radius 1 is 1.83 bits per heavy atom. The van der Waals surface area contributed by atoms with Crippen molar-refractivity contribution in [2.45, 2.75) is 6.04 Å². The van der Waals surface area contributed by atoms with Gasteiger partial charge in [-0.15, -0.1) is 0 Å². The van der Waals surface area contributed by atoms with Crippen molar-refractivity contribution in [3.05, 3.63) is 12.0 Å². The van der Waals surface area contributed by atoms with Crippen molar-refractivity contribution in [3.63, 3.8) is 0 Å². The van der Waals surface area contributed by atoms with Gasteiger partial charge in [-0.2, -0.15) is 0 Å². The summed E-state index contributed by atoms with van der Waals surface area (Å²) in [4.78, 5) is 16.5. The molecule has 0 aromatic heterocycles. The van der Waals surface area contributed by atoms with Gasteiger partial charge in [0, 0.05) is 6.21 Å². The van der Waals surface area contributed by atoms with E-state index in [1.54, 1.807) is 12.4 Å². The molecule has 0 amide bonds. The lowest BCUT2D eigenvalue weighted by atomic mass is 10.3. The molecule has 0 aromatic rings.